The standard InChI is InChI=1S/C13H10ClF3N2/c1-8-3-2-4-10(5-8)19-12-11(14)6-9(7-18-12)13(15,16)17/h2-7H,1H3,(H,18,19). The van der Waals surface area contributed by atoms with Gasteiger partial charge in [0.15, 0.2) is 0 Å². The van der Waals surface area contributed by atoms with E-state index in [4.69, 9.17) is 11.6 Å². The summed E-state index contributed by atoms with van der Waals surface area (Å²) in [6, 6.07) is 8.22. The molecule has 0 unspecified atom stereocenters. The summed E-state index contributed by atoms with van der Waals surface area (Å²) in [7, 11) is 0. The summed E-state index contributed by atoms with van der Waals surface area (Å²) < 4.78 is 37.4. The number of aryl methyl sites for hydroxylation is 1. The van der Waals surface area contributed by atoms with Crippen molar-refractivity contribution >= 4 is 23.1 Å². The Labute approximate surface area is 113 Å². The second-order valence-electron chi connectivity index (χ2n) is 4.05. The summed E-state index contributed by atoms with van der Waals surface area (Å²) in [6.45, 7) is 1.91. The Kier molecular flexibility index (Phi) is 3.66. The molecule has 100 valence electrons. The van der Waals surface area contributed by atoms with Crippen LogP contribution in [0.1, 0.15) is 11.1 Å². The third-order valence-corrected chi connectivity index (χ3v) is 2.74. The lowest BCUT2D eigenvalue weighted by Gasteiger charge is -2.11. The van der Waals surface area contributed by atoms with Crippen molar-refractivity contribution in [2.45, 2.75) is 13.1 Å². The molecule has 0 amide bonds. The molecule has 0 aliphatic heterocycles. The highest BCUT2D eigenvalue weighted by molar-refractivity contribution is 6.33. The van der Waals surface area contributed by atoms with Crippen LogP contribution in [0.2, 0.25) is 5.02 Å². The highest BCUT2D eigenvalue weighted by Crippen LogP contribution is 2.33. The number of nitrogens with one attached hydrogen (secondary N) is 1. The monoisotopic (exact) mass is 286 g/mol. The lowest BCUT2D eigenvalue weighted by atomic mass is 10.2. The van der Waals surface area contributed by atoms with Crippen LogP contribution < -0.4 is 5.32 Å². The number of nitrogens with zero attached hydrogens (tertiary/aromatic N) is 1. The summed E-state index contributed by atoms with van der Waals surface area (Å²) in [4.78, 5) is 3.71. The van der Waals surface area contributed by atoms with Crippen LogP contribution in [0, 0.1) is 6.92 Å². The Morgan fingerprint density at radius 3 is 2.53 bits per heavy atom. The molecule has 0 radical (unpaired) electrons. The number of pyridine rings is 1. The second kappa shape index (κ2) is 5.09. The Morgan fingerprint density at radius 1 is 1.21 bits per heavy atom. The predicted octanol–water partition coefficient (Wildman–Crippen LogP) is 4.81. The minimum Gasteiger partial charge on any atom is -0.339 e. The van der Waals surface area contributed by atoms with Crippen LogP contribution in [0.4, 0.5) is 24.7 Å². The van der Waals surface area contributed by atoms with Gasteiger partial charge < -0.3 is 5.32 Å². The fourth-order valence-corrected chi connectivity index (χ4v) is 1.76. The average Bonchev–Trinajstić information content (AvgIpc) is 2.30. The lowest BCUT2D eigenvalue weighted by molar-refractivity contribution is -0.137. The van der Waals surface area contributed by atoms with Gasteiger partial charge in [0.1, 0.15) is 5.82 Å². The van der Waals surface area contributed by atoms with Crippen molar-refractivity contribution < 1.29 is 13.2 Å². The van der Waals surface area contributed by atoms with Gasteiger partial charge in [-0.3, -0.25) is 0 Å². The average molecular weight is 287 g/mol. The van der Waals surface area contributed by atoms with Gasteiger partial charge in [0.05, 0.1) is 10.6 Å². The minimum atomic E-state index is -4.45. The number of hydrogen-bond donors (Lipinski definition) is 1. The molecule has 1 heterocycles. The van der Waals surface area contributed by atoms with E-state index in [1.54, 1.807) is 6.07 Å². The minimum absolute atomic E-state index is 0.0728. The Hall–Kier alpha value is -1.75. The van der Waals surface area contributed by atoms with Gasteiger partial charge in [-0.1, -0.05) is 23.7 Å². The molecular formula is C13H10ClF3N2. The van der Waals surface area contributed by atoms with Crippen molar-refractivity contribution in [1.82, 2.24) is 4.98 Å². The molecule has 19 heavy (non-hydrogen) atoms. The molecule has 1 N–H and O–H groups in total. The molecule has 2 rings (SSSR count). The summed E-state index contributed by atoms with van der Waals surface area (Å²) >= 11 is 5.80. The van der Waals surface area contributed by atoms with E-state index in [-0.39, 0.29) is 10.8 Å². The molecule has 0 aliphatic rings. The van der Waals surface area contributed by atoms with Crippen molar-refractivity contribution in [2.24, 2.45) is 0 Å². The molecule has 1 aromatic heterocycles. The fourth-order valence-electron chi connectivity index (χ4n) is 1.54. The predicted molar refractivity (Wildman–Crippen MR) is 68.7 cm³/mol. The van der Waals surface area contributed by atoms with E-state index in [2.05, 4.69) is 10.3 Å². The van der Waals surface area contributed by atoms with E-state index in [9.17, 15) is 13.2 Å². The van der Waals surface area contributed by atoms with Crippen LogP contribution in [0.5, 0.6) is 0 Å². The number of alkyl halides is 3. The zero-order valence-electron chi connectivity index (χ0n) is 9.92. The highest BCUT2D eigenvalue weighted by Gasteiger charge is 2.31. The molecule has 2 nitrogen and oxygen atoms in total. The molecule has 0 atom stereocenters. The maximum absolute atomic E-state index is 12.5. The first-order chi connectivity index (χ1) is 8.86. The SMILES string of the molecule is Cc1cccc(Nc2ncc(C(F)(F)F)cc2Cl)c1. The molecular weight excluding hydrogens is 277 g/mol. The van der Waals surface area contributed by atoms with E-state index < -0.39 is 11.7 Å². The molecule has 0 fully saturated rings. The lowest BCUT2D eigenvalue weighted by Crippen LogP contribution is -2.06. The van der Waals surface area contributed by atoms with Crippen molar-refractivity contribution in [1.29, 1.82) is 0 Å². The van der Waals surface area contributed by atoms with Crippen LogP contribution >= 0.6 is 11.6 Å². The fraction of sp³-hybridized carbons (Fsp3) is 0.154. The molecule has 0 spiro atoms. The number of hydrogen-bond acceptors (Lipinski definition) is 2. The smallest absolute Gasteiger partial charge is 0.339 e. The van der Waals surface area contributed by atoms with E-state index in [1.807, 2.05) is 25.1 Å². The van der Waals surface area contributed by atoms with Crippen molar-refractivity contribution in [3.8, 4) is 0 Å². The number of anilines is 2. The summed E-state index contributed by atoms with van der Waals surface area (Å²) in [5.41, 5.74) is 0.870. The van der Waals surface area contributed by atoms with Gasteiger partial charge in [-0.15, -0.1) is 0 Å². The van der Waals surface area contributed by atoms with Gasteiger partial charge in [-0.05, 0) is 30.7 Å². The Bertz CT molecular complexity index is 597. The largest absolute Gasteiger partial charge is 0.417 e. The van der Waals surface area contributed by atoms with Crippen LogP contribution in [-0.4, -0.2) is 4.98 Å². The summed E-state index contributed by atoms with van der Waals surface area (Å²) in [6.07, 6.45) is -3.69. The van der Waals surface area contributed by atoms with Crippen LogP contribution in [0.15, 0.2) is 36.5 Å². The van der Waals surface area contributed by atoms with Crippen molar-refractivity contribution in [2.75, 3.05) is 5.32 Å². The quantitative estimate of drug-likeness (QED) is 0.857. The maximum atomic E-state index is 12.5. The molecule has 6 heteroatoms. The first-order valence-electron chi connectivity index (χ1n) is 5.43. The van der Waals surface area contributed by atoms with Crippen molar-refractivity contribution in [3.63, 3.8) is 0 Å². The van der Waals surface area contributed by atoms with Crippen molar-refractivity contribution in [3.05, 3.63) is 52.7 Å². The van der Waals surface area contributed by atoms with Gasteiger partial charge in [0.25, 0.3) is 0 Å². The molecule has 2 aromatic rings. The number of halogens is 4. The number of rotatable bonds is 2. The highest BCUT2D eigenvalue weighted by atomic mass is 35.5. The van der Waals surface area contributed by atoms with Gasteiger partial charge in [0, 0.05) is 11.9 Å². The van der Waals surface area contributed by atoms with Crippen LogP contribution in [0.3, 0.4) is 0 Å². The first kappa shape index (κ1) is 13.7. The molecule has 0 bridgehead atoms. The van der Waals surface area contributed by atoms with Crippen LogP contribution in [0.25, 0.3) is 0 Å². The zero-order chi connectivity index (χ0) is 14.0. The molecule has 0 aliphatic carbocycles. The molecule has 0 saturated carbocycles. The van der Waals surface area contributed by atoms with Gasteiger partial charge >= 0.3 is 6.18 Å². The number of aromatic nitrogens is 1. The van der Waals surface area contributed by atoms with E-state index in [0.29, 0.717) is 5.69 Å². The normalized spacial score (nSPS) is 11.4. The number of benzene rings is 1. The van der Waals surface area contributed by atoms with Gasteiger partial charge in [0.2, 0.25) is 0 Å². The van der Waals surface area contributed by atoms with E-state index >= 15 is 0 Å². The molecule has 1 aromatic carbocycles. The second-order valence-corrected chi connectivity index (χ2v) is 4.45. The van der Waals surface area contributed by atoms with Crippen LogP contribution in [-0.2, 0) is 6.18 Å². The topological polar surface area (TPSA) is 24.9 Å². The van der Waals surface area contributed by atoms with Gasteiger partial charge in [-0.25, -0.2) is 4.98 Å². The van der Waals surface area contributed by atoms with E-state index in [1.165, 1.54) is 0 Å². The van der Waals surface area contributed by atoms with Gasteiger partial charge in [-0.2, -0.15) is 13.2 Å². The third-order valence-electron chi connectivity index (χ3n) is 2.45. The Balaban J connectivity index is 2.27. The Morgan fingerprint density at radius 2 is 1.95 bits per heavy atom. The third kappa shape index (κ3) is 3.38. The molecule has 0 saturated heterocycles. The first-order valence-corrected chi connectivity index (χ1v) is 5.80. The van der Waals surface area contributed by atoms with E-state index in [0.717, 1.165) is 17.8 Å². The summed E-state index contributed by atoms with van der Waals surface area (Å²) in [5, 5.41) is 2.81. The summed E-state index contributed by atoms with van der Waals surface area (Å²) in [5.74, 6) is 0.195. The zero-order valence-corrected chi connectivity index (χ0v) is 10.7. The maximum Gasteiger partial charge on any atom is 0.417 e.